The summed E-state index contributed by atoms with van der Waals surface area (Å²) in [6.07, 6.45) is 2.42. The topological polar surface area (TPSA) is 32.7 Å². The minimum atomic E-state index is 0.0824. The molecule has 0 radical (unpaired) electrons. The van der Waals surface area contributed by atoms with Gasteiger partial charge < -0.3 is 14.7 Å². The van der Waals surface area contributed by atoms with Gasteiger partial charge in [0.25, 0.3) is 0 Å². The molecule has 1 saturated heterocycles. The Labute approximate surface area is 117 Å². The molecule has 3 nitrogen and oxygen atoms in total. The summed E-state index contributed by atoms with van der Waals surface area (Å²) in [5.74, 6) is 0.619. The first kappa shape index (κ1) is 13.8. The maximum Gasteiger partial charge on any atom is 0.0682 e. The van der Waals surface area contributed by atoms with E-state index in [1.807, 2.05) is 12.1 Å². The quantitative estimate of drug-likeness (QED) is 0.927. The van der Waals surface area contributed by atoms with Gasteiger partial charge in [0.15, 0.2) is 0 Å². The SMILES string of the molecule is CN(CC1CCCOC1)c1ccc(CO)cc1Br. The third kappa shape index (κ3) is 3.46. The van der Waals surface area contributed by atoms with Crippen LogP contribution in [-0.2, 0) is 11.3 Å². The van der Waals surface area contributed by atoms with Gasteiger partial charge in [0.2, 0.25) is 0 Å². The summed E-state index contributed by atoms with van der Waals surface area (Å²) >= 11 is 3.57. The van der Waals surface area contributed by atoms with Gasteiger partial charge in [-0.05, 0) is 52.4 Å². The molecule has 1 aliphatic heterocycles. The van der Waals surface area contributed by atoms with E-state index < -0.39 is 0 Å². The van der Waals surface area contributed by atoms with Crippen molar-refractivity contribution in [2.75, 3.05) is 31.7 Å². The maximum atomic E-state index is 9.10. The fourth-order valence-electron chi connectivity index (χ4n) is 2.40. The number of anilines is 1. The Bertz CT molecular complexity index is 391. The minimum absolute atomic E-state index is 0.0824. The largest absolute Gasteiger partial charge is 0.392 e. The lowest BCUT2D eigenvalue weighted by Crippen LogP contribution is -2.31. The van der Waals surface area contributed by atoms with Gasteiger partial charge in [-0.25, -0.2) is 0 Å². The van der Waals surface area contributed by atoms with E-state index in [9.17, 15) is 0 Å². The Balaban J connectivity index is 2.01. The summed E-state index contributed by atoms with van der Waals surface area (Å²) in [7, 11) is 2.10. The van der Waals surface area contributed by atoms with Crippen LogP contribution in [0.5, 0.6) is 0 Å². The molecule has 1 N–H and O–H groups in total. The minimum Gasteiger partial charge on any atom is -0.392 e. The molecular weight excluding hydrogens is 294 g/mol. The van der Waals surface area contributed by atoms with Crippen molar-refractivity contribution in [1.82, 2.24) is 0 Å². The zero-order valence-corrected chi connectivity index (χ0v) is 12.3. The molecule has 100 valence electrons. The fourth-order valence-corrected chi connectivity index (χ4v) is 3.12. The summed E-state index contributed by atoms with van der Waals surface area (Å²) in [6, 6.07) is 6.00. The molecule has 0 aliphatic carbocycles. The van der Waals surface area contributed by atoms with E-state index in [2.05, 4.69) is 33.9 Å². The van der Waals surface area contributed by atoms with Crippen LogP contribution in [0.1, 0.15) is 18.4 Å². The van der Waals surface area contributed by atoms with Gasteiger partial charge in [-0.15, -0.1) is 0 Å². The van der Waals surface area contributed by atoms with E-state index in [0.717, 1.165) is 35.5 Å². The third-order valence-corrected chi connectivity index (χ3v) is 4.03. The summed E-state index contributed by atoms with van der Waals surface area (Å²) in [6.45, 7) is 2.88. The van der Waals surface area contributed by atoms with Gasteiger partial charge in [-0.3, -0.25) is 0 Å². The van der Waals surface area contributed by atoms with Gasteiger partial charge in [-0.1, -0.05) is 6.07 Å². The highest BCUT2D eigenvalue weighted by Gasteiger charge is 2.17. The second-order valence-electron chi connectivity index (χ2n) is 4.91. The van der Waals surface area contributed by atoms with E-state index in [1.165, 1.54) is 12.8 Å². The maximum absolute atomic E-state index is 9.10. The van der Waals surface area contributed by atoms with Crippen molar-refractivity contribution in [2.45, 2.75) is 19.4 Å². The second kappa shape index (κ2) is 6.55. The van der Waals surface area contributed by atoms with Crippen molar-refractivity contribution in [3.8, 4) is 0 Å². The van der Waals surface area contributed by atoms with Crippen LogP contribution in [0.2, 0.25) is 0 Å². The van der Waals surface area contributed by atoms with Crippen LogP contribution in [0.25, 0.3) is 0 Å². The number of benzene rings is 1. The zero-order valence-electron chi connectivity index (χ0n) is 10.7. The number of aliphatic hydroxyl groups is 1. The molecule has 0 aromatic heterocycles. The molecular formula is C14H20BrNO2. The van der Waals surface area contributed by atoms with Crippen molar-refractivity contribution in [3.63, 3.8) is 0 Å². The number of halogens is 1. The molecule has 0 saturated carbocycles. The summed E-state index contributed by atoms with van der Waals surface area (Å²) in [4.78, 5) is 2.25. The fraction of sp³-hybridized carbons (Fsp3) is 0.571. The zero-order chi connectivity index (χ0) is 13.0. The first-order chi connectivity index (χ1) is 8.70. The van der Waals surface area contributed by atoms with Gasteiger partial charge in [0.1, 0.15) is 0 Å². The highest BCUT2D eigenvalue weighted by molar-refractivity contribution is 9.10. The molecule has 1 aliphatic rings. The Hall–Kier alpha value is -0.580. The van der Waals surface area contributed by atoms with E-state index in [0.29, 0.717) is 5.92 Å². The van der Waals surface area contributed by atoms with E-state index in [1.54, 1.807) is 0 Å². The Morgan fingerprint density at radius 2 is 2.33 bits per heavy atom. The first-order valence-corrected chi connectivity index (χ1v) is 7.18. The van der Waals surface area contributed by atoms with Gasteiger partial charge >= 0.3 is 0 Å². The smallest absolute Gasteiger partial charge is 0.0682 e. The number of hydrogen-bond donors (Lipinski definition) is 1. The van der Waals surface area contributed by atoms with Crippen LogP contribution in [0.15, 0.2) is 22.7 Å². The van der Waals surface area contributed by atoms with Crippen LogP contribution >= 0.6 is 15.9 Å². The van der Waals surface area contributed by atoms with Crippen LogP contribution < -0.4 is 4.90 Å². The van der Waals surface area contributed by atoms with Crippen LogP contribution in [0, 0.1) is 5.92 Å². The lowest BCUT2D eigenvalue weighted by molar-refractivity contribution is 0.0576. The van der Waals surface area contributed by atoms with Crippen molar-refractivity contribution in [3.05, 3.63) is 28.2 Å². The van der Waals surface area contributed by atoms with Crippen molar-refractivity contribution >= 4 is 21.6 Å². The van der Waals surface area contributed by atoms with E-state index in [-0.39, 0.29) is 6.61 Å². The van der Waals surface area contributed by atoms with Gasteiger partial charge in [0, 0.05) is 24.7 Å². The molecule has 0 amide bonds. The normalized spacial score (nSPS) is 19.8. The molecule has 1 heterocycles. The monoisotopic (exact) mass is 313 g/mol. The Morgan fingerprint density at radius 1 is 1.50 bits per heavy atom. The number of aliphatic hydroxyl groups excluding tert-OH is 1. The Kier molecular flexibility index (Phi) is 5.03. The number of rotatable bonds is 4. The average molecular weight is 314 g/mol. The number of hydrogen-bond acceptors (Lipinski definition) is 3. The summed E-state index contributed by atoms with van der Waals surface area (Å²) < 4.78 is 6.55. The van der Waals surface area contributed by atoms with E-state index in [4.69, 9.17) is 9.84 Å². The predicted molar refractivity (Wildman–Crippen MR) is 76.9 cm³/mol. The van der Waals surface area contributed by atoms with Crippen LogP contribution in [-0.4, -0.2) is 31.9 Å². The van der Waals surface area contributed by atoms with E-state index >= 15 is 0 Å². The highest BCUT2D eigenvalue weighted by atomic mass is 79.9. The van der Waals surface area contributed by atoms with Crippen molar-refractivity contribution < 1.29 is 9.84 Å². The molecule has 0 spiro atoms. The molecule has 1 unspecified atom stereocenters. The molecule has 1 aromatic carbocycles. The van der Waals surface area contributed by atoms with Crippen molar-refractivity contribution in [1.29, 1.82) is 0 Å². The summed E-state index contributed by atoms with van der Waals surface area (Å²) in [5.41, 5.74) is 2.10. The molecule has 1 aromatic rings. The van der Waals surface area contributed by atoms with Gasteiger partial charge in [0.05, 0.1) is 18.9 Å². The second-order valence-corrected chi connectivity index (χ2v) is 5.76. The molecule has 4 heteroatoms. The highest BCUT2D eigenvalue weighted by Crippen LogP contribution is 2.28. The van der Waals surface area contributed by atoms with Crippen LogP contribution in [0.4, 0.5) is 5.69 Å². The van der Waals surface area contributed by atoms with Crippen LogP contribution in [0.3, 0.4) is 0 Å². The average Bonchev–Trinajstić information content (AvgIpc) is 2.39. The third-order valence-electron chi connectivity index (χ3n) is 3.39. The molecule has 2 rings (SSSR count). The molecule has 1 atom stereocenters. The lowest BCUT2D eigenvalue weighted by Gasteiger charge is -2.29. The van der Waals surface area contributed by atoms with Crippen molar-refractivity contribution in [2.24, 2.45) is 5.92 Å². The Morgan fingerprint density at radius 3 is 2.94 bits per heavy atom. The first-order valence-electron chi connectivity index (χ1n) is 6.39. The van der Waals surface area contributed by atoms with Gasteiger partial charge in [-0.2, -0.15) is 0 Å². The standard InChI is InChI=1S/C14H20BrNO2/c1-16(8-12-3-2-6-18-10-12)14-5-4-11(9-17)7-13(14)15/h4-5,7,12,17H,2-3,6,8-10H2,1H3. The molecule has 18 heavy (non-hydrogen) atoms. The lowest BCUT2D eigenvalue weighted by atomic mass is 10.0. The number of nitrogens with zero attached hydrogens (tertiary/aromatic N) is 1. The molecule has 0 bridgehead atoms. The predicted octanol–water partition coefficient (Wildman–Crippen LogP) is 2.80. The molecule has 1 fully saturated rings. The number of ether oxygens (including phenoxy) is 1. The summed E-state index contributed by atoms with van der Waals surface area (Å²) in [5, 5.41) is 9.10.